The Morgan fingerprint density at radius 3 is 2.68 bits per heavy atom. The van der Waals surface area contributed by atoms with E-state index in [9.17, 15) is 9.59 Å². The van der Waals surface area contributed by atoms with Crippen molar-refractivity contribution in [1.82, 2.24) is 4.90 Å². The molecule has 1 saturated heterocycles. The quantitative estimate of drug-likeness (QED) is 0.907. The Morgan fingerprint density at radius 2 is 2.05 bits per heavy atom. The molecule has 0 radical (unpaired) electrons. The number of likely N-dealkylation sites (tertiary alicyclic amines) is 1. The Labute approximate surface area is 111 Å². The van der Waals surface area contributed by atoms with Crippen molar-refractivity contribution in [2.45, 2.75) is 26.0 Å². The van der Waals surface area contributed by atoms with Gasteiger partial charge in [-0.05, 0) is 17.9 Å². The first-order valence-electron chi connectivity index (χ1n) is 6.28. The summed E-state index contributed by atoms with van der Waals surface area (Å²) in [7, 11) is 0. The number of rotatable bonds is 3. The van der Waals surface area contributed by atoms with Gasteiger partial charge in [0.1, 0.15) is 12.6 Å². The Kier molecular flexibility index (Phi) is 4.04. The van der Waals surface area contributed by atoms with E-state index in [1.54, 1.807) is 0 Å². The summed E-state index contributed by atoms with van der Waals surface area (Å²) in [5.74, 6) is -0.786. The second-order valence-electron chi connectivity index (χ2n) is 4.89. The summed E-state index contributed by atoms with van der Waals surface area (Å²) in [5, 5.41) is 9.09. The second-order valence-corrected chi connectivity index (χ2v) is 4.89. The van der Waals surface area contributed by atoms with Crippen LogP contribution in [0.1, 0.15) is 18.9 Å². The van der Waals surface area contributed by atoms with Crippen LogP contribution < -0.4 is 0 Å². The van der Waals surface area contributed by atoms with E-state index >= 15 is 0 Å². The number of benzene rings is 1. The van der Waals surface area contributed by atoms with E-state index in [-0.39, 0.29) is 12.5 Å². The van der Waals surface area contributed by atoms with E-state index in [0.717, 1.165) is 5.56 Å². The standard InChI is InChI=1S/C14H17NO4/c1-10-7-12(13(16)17)15(8-10)14(18)19-9-11-5-3-2-4-6-11/h2-6,10,12H,7-9H2,1H3,(H,16,17). The number of nitrogens with zero attached hydrogens (tertiary/aromatic N) is 1. The molecule has 2 unspecified atom stereocenters. The molecule has 19 heavy (non-hydrogen) atoms. The van der Waals surface area contributed by atoms with Crippen LogP contribution in [0.3, 0.4) is 0 Å². The van der Waals surface area contributed by atoms with Crippen molar-refractivity contribution >= 4 is 12.1 Å². The van der Waals surface area contributed by atoms with E-state index in [0.29, 0.717) is 13.0 Å². The molecule has 1 aromatic rings. The molecule has 0 spiro atoms. The number of amides is 1. The lowest BCUT2D eigenvalue weighted by Crippen LogP contribution is -2.40. The fourth-order valence-corrected chi connectivity index (χ4v) is 2.28. The van der Waals surface area contributed by atoms with Crippen molar-refractivity contribution in [2.24, 2.45) is 5.92 Å². The lowest BCUT2D eigenvalue weighted by molar-refractivity contribution is -0.141. The zero-order chi connectivity index (χ0) is 13.8. The van der Waals surface area contributed by atoms with Crippen LogP contribution >= 0.6 is 0 Å². The van der Waals surface area contributed by atoms with Crippen LogP contribution in [-0.2, 0) is 16.1 Å². The second kappa shape index (κ2) is 5.73. The fourth-order valence-electron chi connectivity index (χ4n) is 2.28. The van der Waals surface area contributed by atoms with E-state index in [1.807, 2.05) is 37.3 Å². The third kappa shape index (κ3) is 3.24. The molecule has 0 bridgehead atoms. The van der Waals surface area contributed by atoms with Gasteiger partial charge in [-0.2, -0.15) is 0 Å². The maximum absolute atomic E-state index is 11.9. The molecule has 5 nitrogen and oxygen atoms in total. The largest absolute Gasteiger partial charge is 0.480 e. The van der Waals surface area contributed by atoms with E-state index in [4.69, 9.17) is 9.84 Å². The monoisotopic (exact) mass is 263 g/mol. The van der Waals surface area contributed by atoms with Crippen LogP contribution in [0.25, 0.3) is 0 Å². The predicted octanol–water partition coefficient (Wildman–Crippen LogP) is 2.12. The van der Waals surface area contributed by atoms with Gasteiger partial charge in [0.15, 0.2) is 0 Å². The maximum Gasteiger partial charge on any atom is 0.410 e. The zero-order valence-corrected chi connectivity index (χ0v) is 10.8. The first-order chi connectivity index (χ1) is 9.08. The number of carbonyl (C=O) groups excluding carboxylic acids is 1. The van der Waals surface area contributed by atoms with Gasteiger partial charge in [-0.3, -0.25) is 4.90 Å². The van der Waals surface area contributed by atoms with Gasteiger partial charge in [0, 0.05) is 6.54 Å². The molecule has 0 aromatic heterocycles. The van der Waals surface area contributed by atoms with Gasteiger partial charge in [0.05, 0.1) is 0 Å². The van der Waals surface area contributed by atoms with Gasteiger partial charge in [-0.15, -0.1) is 0 Å². The van der Waals surface area contributed by atoms with Gasteiger partial charge < -0.3 is 9.84 Å². The first-order valence-corrected chi connectivity index (χ1v) is 6.28. The number of aliphatic carboxylic acids is 1. The minimum Gasteiger partial charge on any atom is -0.480 e. The van der Waals surface area contributed by atoms with Crippen LogP contribution in [0.2, 0.25) is 0 Å². The van der Waals surface area contributed by atoms with Crippen LogP contribution in [0.5, 0.6) is 0 Å². The zero-order valence-electron chi connectivity index (χ0n) is 10.8. The molecule has 1 amide bonds. The first kappa shape index (κ1) is 13.4. The highest BCUT2D eigenvalue weighted by Gasteiger charge is 2.38. The van der Waals surface area contributed by atoms with Crippen LogP contribution in [-0.4, -0.2) is 34.7 Å². The van der Waals surface area contributed by atoms with E-state index in [2.05, 4.69) is 0 Å². The summed E-state index contributed by atoms with van der Waals surface area (Å²) >= 11 is 0. The molecule has 1 aliphatic heterocycles. The Bertz CT molecular complexity index is 460. The molecular formula is C14H17NO4. The summed E-state index contributed by atoms with van der Waals surface area (Å²) < 4.78 is 5.16. The van der Waals surface area contributed by atoms with Crippen molar-refractivity contribution in [3.63, 3.8) is 0 Å². The molecule has 1 fully saturated rings. The van der Waals surface area contributed by atoms with Crippen molar-refractivity contribution in [3.8, 4) is 0 Å². The van der Waals surface area contributed by atoms with Gasteiger partial charge in [0.25, 0.3) is 0 Å². The molecule has 2 rings (SSSR count). The predicted molar refractivity (Wildman–Crippen MR) is 68.5 cm³/mol. The minimum atomic E-state index is -0.971. The molecule has 1 heterocycles. The van der Waals surface area contributed by atoms with Crippen molar-refractivity contribution in [1.29, 1.82) is 0 Å². The normalized spacial score (nSPS) is 22.3. The summed E-state index contributed by atoms with van der Waals surface area (Å²) in [6, 6.07) is 8.55. The SMILES string of the molecule is CC1CC(C(=O)O)N(C(=O)OCc2ccccc2)C1. The number of hydrogen-bond donors (Lipinski definition) is 1. The van der Waals surface area contributed by atoms with Gasteiger partial charge in [-0.25, -0.2) is 9.59 Å². The Morgan fingerprint density at radius 1 is 1.37 bits per heavy atom. The minimum absolute atomic E-state index is 0.164. The number of carboxylic acids is 1. The average molecular weight is 263 g/mol. The molecule has 1 aromatic carbocycles. The highest BCUT2D eigenvalue weighted by atomic mass is 16.6. The highest BCUT2D eigenvalue weighted by molar-refractivity contribution is 5.80. The third-order valence-electron chi connectivity index (χ3n) is 3.23. The smallest absolute Gasteiger partial charge is 0.410 e. The number of ether oxygens (including phenoxy) is 1. The van der Waals surface area contributed by atoms with Crippen molar-refractivity contribution in [3.05, 3.63) is 35.9 Å². The van der Waals surface area contributed by atoms with Crippen LogP contribution in [0, 0.1) is 5.92 Å². The number of hydrogen-bond acceptors (Lipinski definition) is 3. The molecule has 2 atom stereocenters. The molecular weight excluding hydrogens is 246 g/mol. The Balaban J connectivity index is 1.94. The topological polar surface area (TPSA) is 66.8 Å². The molecule has 5 heteroatoms. The highest BCUT2D eigenvalue weighted by Crippen LogP contribution is 2.24. The fraction of sp³-hybridized carbons (Fsp3) is 0.429. The molecule has 1 aliphatic rings. The molecule has 1 N–H and O–H groups in total. The summed E-state index contributed by atoms with van der Waals surface area (Å²) in [6.07, 6.45) is -0.0731. The van der Waals surface area contributed by atoms with Crippen molar-refractivity contribution < 1.29 is 19.4 Å². The molecule has 102 valence electrons. The van der Waals surface area contributed by atoms with Gasteiger partial charge in [-0.1, -0.05) is 37.3 Å². The summed E-state index contributed by atoms with van der Waals surface area (Å²) in [5.41, 5.74) is 0.884. The van der Waals surface area contributed by atoms with E-state index in [1.165, 1.54) is 4.90 Å². The maximum atomic E-state index is 11.9. The van der Waals surface area contributed by atoms with Gasteiger partial charge >= 0.3 is 12.1 Å². The average Bonchev–Trinajstić information content (AvgIpc) is 2.79. The van der Waals surface area contributed by atoms with Gasteiger partial charge in [0.2, 0.25) is 0 Å². The summed E-state index contributed by atoms with van der Waals surface area (Å²) in [6.45, 7) is 2.53. The number of carbonyl (C=O) groups is 2. The molecule has 0 aliphatic carbocycles. The van der Waals surface area contributed by atoms with Crippen LogP contribution in [0.15, 0.2) is 30.3 Å². The van der Waals surface area contributed by atoms with E-state index < -0.39 is 18.1 Å². The molecule has 0 saturated carbocycles. The third-order valence-corrected chi connectivity index (χ3v) is 3.23. The van der Waals surface area contributed by atoms with Crippen molar-refractivity contribution in [2.75, 3.05) is 6.54 Å². The lowest BCUT2D eigenvalue weighted by Gasteiger charge is -2.20. The Hall–Kier alpha value is -2.04. The van der Waals surface area contributed by atoms with Crippen LogP contribution in [0.4, 0.5) is 4.79 Å². The number of carboxylic acid groups (broad SMARTS) is 1. The summed E-state index contributed by atoms with van der Waals surface area (Å²) in [4.78, 5) is 24.3. The lowest BCUT2D eigenvalue weighted by atomic mass is 10.1.